The number of halogens is 3. The number of carbonyl (C=O) groups excluding carboxylic acids is 1. The molecule has 0 aromatic heterocycles. The first-order valence-electron chi connectivity index (χ1n) is 7.67. The monoisotopic (exact) mass is 400 g/mol. The van der Waals surface area contributed by atoms with Crippen molar-refractivity contribution >= 4 is 46.4 Å². The van der Waals surface area contributed by atoms with Crippen LogP contribution >= 0.6 is 34.8 Å². The number of methoxy groups -OCH3 is 1. The SMILES string of the molecule is COc1ccc(Cl)cc1NC(=O)C(C)NC(C)c1ccc(Cl)cc1Cl. The number of rotatable bonds is 6. The van der Waals surface area contributed by atoms with Gasteiger partial charge in [-0.3, -0.25) is 10.1 Å². The van der Waals surface area contributed by atoms with E-state index in [9.17, 15) is 4.79 Å². The molecule has 0 aliphatic heterocycles. The highest BCUT2D eigenvalue weighted by Crippen LogP contribution is 2.28. The number of anilines is 1. The van der Waals surface area contributed by atoms with Crippen LogP contribution in [0.2, 0.25) is 15.1 Å². The summed E-state index contributed by atoms with van der Waals surface area (Å²) in [7, 11) is 1.53. The predicted octanol–water partition coefficient (Wildman–Crippen LogP) is 5.33. The minimum atomic E-state index is -0.467. The molecular formula is C18H19Cl3N2O2. The van der Waals surface area contributed by atoms with E-state index in [0.29, 0.717) is 26.5 Å². The van der Waals surface area contributed by atoms with Crippen LogP contribution < -0.4 is 15.4 Å². The fourth-order valence-corrected chi connectivity index (χ4v) is 3.16. The van der Waals surface area contributed by atoms with Crippen molar-refractivity contribution in [3.8, 4) is 5.75 Å². The van der Waals surface area contributed by atoms with Gasteiger partial charge in [0, 0.05) is 21.1 Å². The molecule has 0 heterocycles. The van der Waals surface area contributed by atoms with Gasteiger partial charge in [-0.1, -0.05) is 40.9 Å². The lowest BCUT2D eigenvalue weighted by Gasteiger charge is -2.21. The third kappa shape index (κ3) is 5.25. The summed E-state index contributed by atoms with van der Waals surface area (Å²) >= 11 is 18.1. The molecule has 0 bridgehead atoms. The van der Waals surface area contributed by atoms with E-state index in [0.717, 1.165) is 5.56 Å². The van der Waals surface area contributed by atoms with Crippen molar-refractivity contribution in [3.05, 3.63) is 57.0 Å². The first-order chi connectivity index (χ1) is 11.8. The zero-order valence-corrected chi connectivity index (χ0v) is 16.3. The van der Waals surface area contributed by atoms with Crippen LogP contribution in [0.1, 0.15) is 25.5 Å². The third-order valence-corrected chi connectivity index (χ3v) is 4.54. The van der Waals surface area contributed by atoms with Crippen molar-refractivity contribution in [2.45, 2.75) is 25.9 Å². The van der Waals surface area contributed by atoms with Crippen molar-refractivity contribution in [1.29, 1.82) is 0 Å². The summed E-state index contributed by atoms with van der Waals surface area (Å²) < 4.78 is 5.23. The molecule has 4 nitrogen and oxygen atoms in total. The Morgan fingerprint density at radius 2 is 1.68 bits per heavy atom. The summed E-state index contributed by atoms with van der Waals surface area (Å²) in [5.74, 6) is 0.330. The molecule has 2 aromatic carbocycles. The summed E-state index contributed by atoms with van der Waals surface area (Å²) in [4.78, 5) is 12.5. The van der Waals surface area contributed by atoms with Crippen LogP contribution in [0.15, 0.2) is 36.4 Å². The average molecular weight is 402 g/mol. The van der Waals surface area contributed by atoms with Crippen LogP contribution in [0.3, 0.4) is 0 Å². The summed E-state index contributed by atoms with van der Waals surface area (Å²) in [6.07, 6.45) is 0. The largest absolute Gasteiger partial charge is 0.495 e. The van der Waals surface area contributed by atoms with Crippen LogP contribution in [0.25, 0.3) is 0 Å². The van der Waals surface area contributed by atoms with Crippen LogP contribution in [0.5, 0.6) is 5.75 Å². The Kier molecular flexibility index (Phi) is 6.96. The summed E-state index contributed by atoms with van der Waals surface area (Å²) in [6, 6.07) is 9.73. The molecule has 0 aliphatic carbocycles. The molecule has 0 fully saturated rings. The maximum absolute atomic E-state index is 12.5. The molecule has 0 aliphatic rings. The van der Waals surface area contributed by atoms with E-state index in [1.54, 1.807) is 37.3 Å². The number of hydrogen-bond donors (Lipinski definition) is 2. The molecule has 0 saturated heterocycles. The molecule has 2 N–H and O–H groups in total. The van der Waals surface area contributed by atoms with Gasteiger partial charge in [-0.05, 0) is 49.7 Å². The van der Waals surface area contributed by atoms with Crippen LogP contribution in [-0.2, 0) is 4.79 Å². The number of amides is 1. The van der Waals surface area contributed by atoms with E-state index in [1.807, 2.05) is 13.0 Å². The Morgan fingerprint density at radius 1 is 1.04 bits per heavy atom. The van der Waals surface area contributed by atoms with Gasteiger partial charge in [0.05, 0.1) is 18.8 Å². The van der Waals surface area contributed by atoms with Crippen molar-refractivity contribution in [1.82, 2.24) is 5.32 Å². The molecule has 7 heteroatoms. The second-order valence-corrected chi connectivity index (χ2v) is 6.89. The molecule has 2 atom stereocenters. The summed E-state index contributed by atoms with van der Waals surface area (Å²) in [5.41, 5.74) is 1.39. The maximum Gasteiger partial charge on any atom is 0.241 e. The Hall–Kier alpha value is -1.46. The van der Waals surface area contributed by atoms with Crippen LogP contribution in [0.4, 0.5) is 5.69 Å². The highest BCUT2D eigenvalue weighted by Gasteiger charge is 2.19. The molecule has 0 saturated carbocycles. The third-order valence-electron chi connectivity index (χ3n) is 3.74. The Morgan fingerprint density at radius 3 is 2.32 bits per heavy atom. The molecule has 0 spiro atoms. The van der Waals surface area contributed by atoms with Crippen molar-refractivity contribution < 1.29 is 9.53 Å². The number of ether oxygens (including phenoxy) is 1. The smallest absolute Gasteiger partial charge is 0.241 e. The molecule has 2 unspecified atom stereocenters. The summed E-state index contributed by atoms with van der Waals surface area (Å²) in [5, 5.41) is 7.67. The molecule has 2 aromatic rings. The van der Waals surface area contributed by atoms with Crippen molar-refractivity contribution in [2.24, 2.45) is 0 Å². The zero-order chi connectivity index (χ0) is 18.6. The van der Waals surface area contributed by atoms with Gasteiger partial charge in [-0.15, -0.1) is 0 Å². The van der Waals surface area contributed by atoms with Gasteiger partial charge < -0.3 is 10.1 Å². The Bertz CT molecular complexity index is 768. The normalized spacial score (nSPS) is 13.2. The van der Waals surface area contributed by atoms with E-state index < -0.39 is 6.04 Å². The van der Waals surface area contributed by atoms with Gasteiger partial charge in [0.1, 0.15) is 5.75 Å². The van der Waals surface area contributed by atoms with Crippen LogP contribution in [0, 0.1) is 0 Å². The quantitative estimate of drug-likeness (QED) is 0.687. The first kappa shape index (κ1) is 19.9. The second kappa shape index (κ2) is 8.77. The van der Waals surface area contributed by atoms with E-state index in [2.05, 4.69) is 10.6 Å². The van der Waals surface area contributed by atoms with Gasteiger partial charge in [0.25, 0.3) is 0 Å². The number of benzene rings is 2. The van der Waals surface area contributed by atoms with Gasteiger partial charge >= 0.3 is 0 Å². The molecule has 134 valence electrons. The zero-order valence-electron chi connectivity index (χ0n) is 14.1. The maximum atomic E-state index is 12.5. The van der Waals surface area contributed by atoms with Crippen LogP contribution in [-0.4, -0.2) is 19.1 Å². The van der Waals surface area contributed by atoms with Gasteiger partial charge in [0.2, 0.25) is 5.91 Å². The molecule has 25 heavy (non-hydrogen) atoms. The van der Waals surface area contributed by atoms with E-state index in [-0.39, 0.29) is 11.9 Å². The predicted molar refractivity (Wildman–Crippen MR) is 104 cm³/mol. The number of carbonyl (C=O) groups is 1. The number of nitrogens with one attached hydrogen (secondary N) is 2. The Labute approximate surface area is 162 Å². The highest BCUT2D eigenvalue weighted by molar-refractivity contribution is 6.35. The second-order valence-electron chi connectivity index (χ2n) is 5.61. The minimum Gasteiger partial charge on any atom is -0.495 e. The topological polar surface area (TPSA) is 50.4 Å². The lowest BCUT2D eigenvalue weighted by atomic mass is 10.1. The fraction of sp³-hybridized carbons (Fsp3) is 0.278. The standard InChI is InChI=1S/C18H19Cl3N2O2/c1-10(14-6-4-12(19)8-15(14)21)22-11(2)18(24)23-16-9-13(20)5-7-17(16)25-3/h4-11,22H,1-3H3,(H,23,24). The minimum absolute atomic E-state index is 0.133. The molecule has 2 rings (SSSR count). The Balaban J connectivity index is 2.06. The number of hydrogen-bond acceptors (Lipinski definition) is 3. The molecular weight excluding hydrogens is 383 g/mol. The molecule has 0 radical (unpaired) electrons. The van der Waals surface area contributed by atoms with Gasteiger partial charge in [-0.25, -0.2) is 0 Å². The van der Waals surface area contributed by atoms with Gasteiger partial charge in [0.15, 0.2) is 0 Å². The van der Waals surface area contributed by atoms with E-state index in [1.165, 1.54) is 7.11 Å². The van der Waals surface area contributed by atoms with Gasteiger partial charge in [-0.2, -0.15) is 0 Å². The first-order valence-corrected chi connectivity index (χ1v) is 8.80. The van der Waals surface area contributed by atoms with Crippen molar-refractivity contribution in [2.75, 3.05) is 12.4 Å². The fourth-order valence-electron chi connectivity index (χ4n) is 2.41. The van der Waals surface area contributed by atoms with E-state index >= 15 is 0 Å². The summed E-state index contributed by atoms with van der Waals surface area (Å²) in [6.45, 7) is 3.70. The lowest BCUT2D eigenvalue weighted by Crippen LogP contribution is -2.39. The van der Waals surface area contributed by atoms with E-state index in [4.69, 9.17) is 39.5 Å². The lowest BCUT2D eigenvalue weighted by molar-refractivity contribution is -0.117. The average Bonchev–Trinajstić information content (AvgIpc) is 2.54. The van der Waals surface area contributed by atoms with Crippen molar-refractivity contribution in [3.63, 3.8) is 0 Å². The highest BCUT2D eigenvalue weighted by atomic mass is 35.5. The molecule has 1 amide bonds.